The molecule has 86 valence electrons. The molecular weight excluding hydrogens is 288 g/mol. The van der Waals surface area contributed by atoms with E-state index in [0.717, 1.165) is 20.8 Å². The lowest BCUT2D eigenvalue weighted by atomic mass is 10.1. The SMILES string of the molecule is COCC1(C)CSC(c2cncc(Br)c2)=N1. The van der Waals surface area contributed by atoms with E-state index in [1.54, 1.807) is 25.1 Å². The molecule has 0 amide bonds. The van der Waals surface area contributed by atoms with Gasteiger partial charge in [-0.15, -0.1) is 11.8 Å². The van der Waals surface area contributed by atoms with Gasteiger partial charge in [-0.05, 0) is 28.9 Å². The number of thioether (sulfide) groups is 1. The Balaban J connectivity index is 2.24. The summed E-state index contributed by atoms with van der Waals surface area (Å²) in [6.07, 6.45) is 3.62. The maximum absolute atomic E-state index is 5.19. The van der Waals surface area contributed by atoms with E-state index in [9.17, 15) is 0 Å². The summed E-state index contributed by atoms with van der Waals surface area (Å²) in [6, 6.07) is 2.04. The Bertz CT molecular complexity index is 424. The number of aromatic nitrogens is 1. The van der Waals surface area contributed by atoms with Crippen LogP contribution in [0.4, 0.5) is 0 Å². The smallest absolute Gasteiger partial charge is 0.100 e. The topological polar surface area (TPSA) is 34.5 Å². The fourth-order valence-electron chi connectivity index (χ4n) is 1.60. The zero-order chi connectivity index (χ0) is 11.6. The maximum atomic E-state index is 5.19. The van der Waals surface area contributed by atoms with Gasteiger partial charge in [0.05, 0.1) is 12.1 Å². The van der Waals surface area contributed by atoms with Crippen molar-refractivity contribution in [2.45, 2.75) is 12.5 Å². The highest BCUT2D eigenvalue weighted by molar-refractivity contribution is 9.10. The molecule has 0 bridgehead atoms. The highest BCUT2D eigenvalue weighted by atomic mass is 79.9. The van der Waals surface area contributed by atoms with Crippen molar-refractivity contribution in [3.8, 4) is 0 Å². The lowest BCUT2D eigenvalue weighted by molar-refractivity contribution is 0.153. The summed E-state index contributed by atoms with van der Waals surface area (Å²) in [5.74, 6) is 0.961. The van der Waals surface area contributed by atoms with Crippen LogP contribution in [0.15, 0.2) is 27.9 Å². The number of hydrogen-bond donors (Lipinski definition) is 0. The molecule has 0 saturated carbocycles. The van der Waals surface area contributed by atoms with E-state index in [1.807, 2.05) is 12.3 Å². The van der Waals surface area contributed by atoms with E-state index in [1.165, 1.54) is 0 Å². The third-order valence-corrected chi connectivity index (χ3v) is 4.10. The van der Waals surface area contributed by atoms with Gasteiger partial charge >= 0.3 is 0 Å². The highest BCUT2D eigenvalue weighted by Gasteiger charge is 2.31. The largest absolute Gasteiger partial charge is 0.382 e. The van der Waals surface area contributed by atoms with Gasteiger partial charge in [0.15, 0.2) is 0 Å². The van der Waals surface area contributed by atoms with Crippen LogP contribution in [0.2, 0.25) is 0 Å². The zero-order valence-corrected chi connectivity index (χ0v) is 11.6. The minimum Gasteiger partial charge on any atom is -0.382 e. The Kier molecular flexibility index (Phi) is 3.66. The molecule has 16 heavy (non-hydrogen) atoms. The Morgan fingerprint density at radius 3 is 3.06 bits per heavy atom. The van der Waals surface area contributed by atoms with Crippen molar-refractivity contribution in [2.24, 2.45) is 4.99 Å². The Morgan fingerprint density at radius 1 is 1.56 bits per heavy atom. The van der Waals surface area contributed by atoms with Crippen molar-refractivity contribution in [2.75, 3.05) is 19.5 Å². The molecule has 0 spiro atoms. The third kappa shape index (κ3) is 2.64. The summed E-state index contributed by atoms with van der Waals surface area (Å²) >= 11 is 5.18. The van der Waals surface area contributed by atoms with E-state index < -0.39 is 0 Å². The van der Waals surface area contributed by atoms with Gasteiger partial charge < -0.3 is 4.74 Å². The molecule has 1 aliphatic heterocycles. The first-order valence-corrected chi connectivity index (χ1v) is 6.73. The molecule has 0 N–H and O–H groups in total. The van der Waals surface area contributed by atoms with Crippen molar-refractivity contribution in [1.82, 2.24) is 4.98 Å². The first-order chi connectivity index (χ1) is 7.63. The molecule has 0 radical (unpaired) electrons. The predicted octanol–water partition coefficient (Wildman–Crippen LogP) is 2.74. The van der Waals surface area contributed by atoms with Crippen LogP contribution in [-0.4, -0.2) is 35.0 Å². The summed E-state index contributed by atoms with van der Waals surface area (Å²) < 4.78 is 6.17. The fraction of sp³-hybridized carbons (Fsp3) is 0.455. The molecule has 0 saturated heterocycles. The zero-order valence-electron chi connectivity index (χ0n) is 9.24. The van der Waals surface area contributed by atoms with Gasteiger partial charge in [0.1, 0.15) is 5.04 Å². The van der Waals surface area contributed by atoms with Crippen LogP contribution in [0.1, 0.15) is 12.5 Å². The van der Waals surface area contributed by atoms with Crippen molar-refractivity contribution in [1.29, 1.82) is 0 Å². The number of halogens is 1. The number of hydrogen-bond acceptors (Lipinski definition) is 4. The number of aliphatic imine (C=N–C) groups is 1. The number of nitrogens with zero attached hydrogens (tertiary/aromatic N) is 2. The molecule has 0 aliphatic carbocycles. The van der Waals surface area contributed by atoms with Crippen LogP contribution in [0.25, 0.3) is 0 Å². The minimum atomic E-state index is -0.100. The summed E-state index contributed by atoms with van der Waals surface area (Å²) in [4.78, 5) is 8.87. The Morgan fingerprint density at radius 2 is 2.38 bits per heavy atom. The molecule has 1 aliphatic rings. The first-order valence-electron chi connectivity index (χ1n) is 4.95. The number of ether oxygens (including phenoxy) is 1. The molecule has 5 heteroatoms. The van der Waals surface area contributed by atoms with Crippen molar-refractivity contribution in [3.05, 3.63) is 28.5 Å². The monoisotopic (exact) mass is 300 g/mol. The van der Waals surface area contributed by atoms with Gasteiger partial charge in [-0.1, -0.05) is 0 Å². The van der Waals surface area contributed by atoms with Gasteiger partial charge in [0.2, 0.25) is 0 Å². The molecule has 1 atom stereocenters. The van der Waals surface area contributed by atoms with Crippen LogP contribution >= 0.6 is 27.7 Å². The predicted molar refractivity (Wildman–Crippen MR) is 71.2 cm³/mol. The normalized spacial score (nSPS) is 24.6. The molecule has 2 heterocycles. The van der Waals surface area contributed by atoms with E-state index in [-0.39, 0.29) is 5.54 Å². The lowest BCUT2D eigenvalue weighted by Gasteiger charge is -2.17. The summed E-state index contributed by atoms with van der Waals surface area (Å²) in [6.45, 7) is 2.77. The van der Waals surface area contributed by atoms with Gasteiger partial charge in [-0.25, -0.2) is 0 Å². The standard InChI is InChI=1S/C11H13BrN2OS/c1-11(6-15-2)7-16-10(14-11)8-3-9(12)5-13-4-8/h3-5H,6-7H2,1-2H3. The second-order valence-electron chi connectivity index (χ2n) is 4.03. The van der Waals surface area contributed by atoms with Crippen LogP contribution in [0.3, 0.4) is 0 Å². The maximum Gasteiger partial charge on any atom is 0.100 e. The van der Waals surface area contributed by atoms with Gasteiger partial charge in [0.25, 0.3) is 0 Å². The molecule has 2 rings (SSSR count). The van der Waals surface area contributed by atoms with Gasteiger partial charge in [-0.2, -0.15) is 0 Å². The summed E-state index contributed by atoms with van der Waals surface area (Å²) in [5, 5.41) is 1.05. The van der Waals surface area contributed by atoms with Crippen LogP contribution in [0.5, 0.6) is 0 Å². The average Bonchev–Trinajstić information content (AvgIpc) is 2.61. The molecule has 3 nitrogen and oxygen atoms in total. The van der Waals surface area contributed by atoms with E-state index in [2.05, 4.69) is 27.8 Å². The number of pyridine rings is 1. The van der Waals surface area contributed by atoms with Crippen LogP contribution in [0, 0.1) is 0 Å². The third-order valence-electron chi connectivity index (χ3n) is 2.30. The summed E-state index contributed by atoms with van der Waals surface area (Å²) in [7, 11) is 1.71. The second-order valence-corrected chi connectivity index (χ2v) is 5.91. The van der Waals surface area contributed by atoms with Gasteiger partial charge in [0, 0.05) is 35.3 Å². The van der Waals surface area contributed by atoms with E-state index in [4.69, 9.17) is 9.73 Å². The van der Waals surface area contributed by atoms with Crippen molar-refractivity contribution >= 4 is 32.7 Å². The average molecular weight is 301 g/mol. The Hall–Kier alpha value is -0.390. The molecule has 1 aromatic rings. The molecule has 0 fully saturated rings. The number of methoxy groups -OCH3 is 1. The quantitative estimate of drug-likeness (QED) is 0.861. The summed E-state index contributed by atoms with van der Waals surface area (Å²) in [5.41, 5.74) is 0.969. The fourth-order valence-corrected chi connectivity index (χ4v) is 3.12. The molecule has 0 aromatic carbocycles. The Labute approximate surface area is 108 Å². The minimum absolute atomic E-state index is 0.100. The molecule has 1 unspecified atom stereocenters. The van der Waals surface area contributed by atoms with E-state index >= 15 is 0 Å². The first kappa shape index (κ1) is 12.1. The highest BCUT2D eigenvalue weighted by Crippen LogP contribution is 2.31. The van der Waals surface area contributed by atoms with Crippen LogP contribution in [-0.2, 0) is 4.74 Å². The van der Waals surface area contributed by atoms with E-state index in [0.29, 0.717) is 6.61 Å². The second kappa shape index (κ2) is 4.85. The molecular formula is C11H13BrN2OS. The van der Waals surface area contributed by atoms with Crippen molar-refractivity contribution < 1.29 is 4.74 Å². The molecule has 1 aromatic heterocycles. The van der Waals surface area contributed by atoms with Crippen molar-refractivity contribution in [3.63, 3.8) is 0 Å². The van der Waals surface area contributed by atoms with Gasteiger partial charge in [-0.3, -0.25) is 9.98 Å². The lowest BCUT2D eigenvalue weighted by Crippen LogP contribution is -2.28. The van der Waals surface area contributed by atoms with Crippen LogP contribution < -0.4 is 0 Å². The number of rotatable bonds is 3.